The van der Waals surface area contributed by atoms with Gasteiger partial charge in [-0.3, -0.25) is 8.78 Å². The third-order valence-corrected chi connectivity index (χ3v) is 2.27. The molecule has 0 fully saturated rings. The molecule has 0 aliphatic carbocycles. The van der Waals surface area contributed by atoms with Crippen LogP contribution in [-0.2, 0) is 4.74 Å². The Labute approximate surface area is 149 Å². The first-order valence-corrected chi connectivity index (χ1v) is 6.95. The molecule has 0 saturated carbocycles. The minimum Gasteiger partial charge on any atom is -0.359 e. The van der Waals surface area contributed by atoms with E-state index in [-0.39, 0.29) is 6.67 Å². The standard InChI is InChI=1S/C6H6F8O.C4H7FN2.C2H5F.CH3F/c7-1-3(9)5(10,11)4(15-2-8)6(12,13)14;1-6-2-3-7(5)4-6;1-2-3;1-2/h3-4H,1-2H2;2-3H,4H2,1H3;2H2,1H3;1H3. The molecule has 0 aromatic carbocycles. The number of hydrogen-bond acceptors (Lipinski definition) is 3. The van der Waals surface area contributed by atoms with Gasteiger partial charge in [0.15, 0.2) is 13.0 Å². The quantitative estimate of drug-likeness (QED) is 0.455. The molecular formula is C13H21F11N2O. The lowest BCUT2D eigenvalue weighted by Crippen LogP contribution is -2.52. The highest BCUT2D eigenvalue weighted by molar-refractivity contribution is 4.90. The zero-order valence-electron chi connectivity index (χ0n) is 14.6. The molecule has 0 aromatic rings. The second-order valence-corrected chi connectivity index (χ2v) is 4.36. The van der Waals surface area contributed by atoms with E-state index >= 15 is 0 Å². The summed E-state index contributed by atoms with van der Waals surface area (Å²) in [5, 5.41) is 0.625. The van der Waals surface area contributed by atoms with Crippen molar-refractivity contribution in [2.75, 3.05) is 41.1 Å². The van der Waals surface area contributed by atoms with E-state index < -0.39 is 37.9 Å². The lowest BCUT2D eigenvalue weighted by atomic mass is 10.1. The zero-order valence-corrected chi connectivity index (χ0v) is 14.6. The molecule has 1 aliphatic rings. The normalized spacial score (nSPS) is 15.6. The molecule has 1 heterocycles. The van der Waals surface area contributed by atoms with Crippen molar-refractivity contribution < 1.29 is 53.1 Å². The van der Waals surface area contributed by atoms with Crippen molar-refractivity contribution in [2.45, 2.75) is 31.3 Å². The van der Waals surface area contributed by atoms with Crippen LogP contribution in [0.3, 0.4) is 0 Å². The van der Waals surface area contributed by atoms with Crippen LogP contribution in [0.25, 0.3) is 0 Å². The SMILES string of the molecule is CCF.CF.CN1C=CN(F)C1.FCOC(C(F)(F)F)C(F)(F)C(F)CF. The molecule has 166 valence electrons. The molecule has 0 amide bonds. The summed E-state index contributed by atoms with van der Waals surface area (Å²) in [5.74, 6) is -5.17. The number of nitrogens with zero attached hydrogens (tertiary/aromatic N) is 2. The summed E-state index contributed by atoms with van der Waals surface area (Å²) >= 11 is 0. The summed E-state index contributed by atoms with van der Waals surface area (Å²) in [6.07, 6.45) is -10.3. The fraction of sp³-hybridized carbons (Fsp3) is 0.846. The maximum Gasteiger partial charge on any atom is 0.420 e. The van der Waals surface area contributed by atoms with E-state index in [0.717, 1.165) is 0 Å². The molecule has 1 aliphatic heterocycles. The Kier molecular flexibility index (Phi) is 17.5. The van der Waals surface area contributed by atoms with Gasteiger partial charge in [-0.15, -0.1) is 0 Å². The number of rotatable bonds is 5. The van der Waals surface area contributed by atoms with Crippen LogP contribution in [0.4, 0.5) is 48.4 Å². The van der Waals surface area contributed by atoms with Crippen LogP contribution in [0, 0.1) is 0 Å². The molecule has 0 spiro atoms. The van der Waals surface area contributed by atoms with Gasteiger partial charge in [-0.1, -0.05) is 4.48 Å². The van der Waals surface area contributed by atoms with Crippen molar-refractivity contribution in [3.8, 4) is 0 Å². The summed E-state index contributed by atoms with van der Waals surface area (Å²) in [5.41, 5.74) is 0. The topological polar surface area (TPSA) is 15.7 Å². The van der Waals surface area contributed by atoms with Gasteiger partial charge >= 0.3 is 12.1 Å². The zero-order chi connectivity index (χ0) is 22.3. The second-order valence-electron chi connectivity index (χ2n) is 4.36. The van der Waals surface area contributed by atoms with E-state index in [1.165, 1.54) is 13.1 Å². The Morgan fingerprint density at radius 1 is 1.04 bits per heavy atom. The lowest BCUT2D eigenvalue weighted by molar-refractivity contribution is -0.305. The molecule has 0 radical (unpaired) electrons. The maximum absolute atomic E-state index is 12.5. The van der Waals surface area contributed by atoms with Crippen LogP contribution in [0.2, 0.25) is 0 Å². The Hall–Kier alpha value is -1.47. The highest BCUT2D eigenvalue weighted by atomic mass is 19.4. The van der Waals surface area contributed by atoms with Crippen molar-refractivity contribution in [1.82, 2.24) is 10.0 Å². The van der Waals surface area contributed by atoms with Crippen LogP contribution in [-0.4, -0.2) is 75.5 Å². The number of halogens is 11. The molecule has 3 nitrogen and oxygen atoms in total. The summed E-state index contributed by atoms with van der Waals surface area (Å²) in [6, 6.07) is 0. The summed E-state index contributed by atoms with van der Waals surface area (Å²) in [4.78, 5) is 1.75. The van der Waals surface area contributed by atoms with Gasteiger partial charge in [0.05, 0.1) is 20.1 Å². The molecule has 0 N–H and O–H groups in total. The molecule has 0 aromatic heterocycles. The van der Waals surface area contributed by atoms with Crippen LogP contribution in [0.1, 0.15) is 6.92 Å². The number of hydrogen-bond donors (Lipinski definition) is 0. The number of ether oxygens (including phenoxy) is 1. The van der Waals surface area contributed by atoms with Crippen molar-refractivity contribution in [2.24, 2.45) is 0 Å². The van der Waals surface area contributed by atoms with E-state index in [1.54, 1.807) is 11.1 Å². The van der Waals surface area contributed by atoms with E-state index in [4.69, 9.17) is 0 Å². The van der Waals surface area contributed by atoms with Gasteiger partial charge in [-0.2, -0.15) is 27.1 Å². The molecule has 2 atom stereocenters. The van der Waals surface area contributed by atoms with Crippen LogP contribution >= 0.6 is 0 Å². The molecule has 27 heavy (non-hydrogen) atoms. The van der Waals surface area contributed by atoms with Crippen molar-refractivity contribution in [3.63, 3.8) is 0 Å². The van der Waals surface area contributed by atoms with Crippen molar-refractivity contribution in [1.29, 1.82) is 0 Å². The van der Waals surface area contributed by atoms with Gasteiger partial charge in [-0.05, 0) is 6.92 Å². The third kappa shape index (κ3) is 13.4. The predicted molar refractivity (Wildman–Crippen MR) is 76.1 cm³/mol. The summed E-state index contributed by atoms with van der Waals surface area (Å²) in [6.45, 7) is -2.94. The average molecular weight is 430 g/mol. The Morgan fingerprint density at radius 2 is 1.48 bits per heavy atom. The molecule has 2 unspecified atom stereocenters. The summed E-state index contributed by atoms with van der Waals surface area (Å²) < 4.78 is 130. The fourth-order valence-corrected chi connectivity index (χ4v) is 1.25. The minimum absolute atomic E-state index is 0.250. The van der Waals surface area contributed by atoms with Gasteiger partial charge < -0.3 is 9.64 Å². The summed E-state index contributed by atoms with van der Waals surface area (Å²) in [7, 11) is 2.32. The van der Waals surface area contributed by atoms with Gasteiger partial charge in [0.2, 0.25) is 6.10 Å². The largest absolute Gasteiger partial charge is 0.420 e. The number of alkyl halides is 10. The third-order valence-electron chi connectivity index (χ3n) is 2.27. The highest BCUT2D eigenvalue weighted by Gasteiger charge is 2.61. The van der Waals surface area contributed by atoms with E-state index in [1.807, 2.05) is 7.05 Å². The maximum atomic E-state index is 12.5. The predicted octanol–water partition coefficient (Wildman–Crippen LogP) is 4.91. The second kappa shape index (κ2) is 15.6. The Balaban J connectivity index is -0.000000394. The van der Waals surface area contributed by atoms with Crippen molar-refractivity contribution >= 4 is 0 Å². The van der Waals surface area contributed by atoms with Crippen molar-refractivity contribution in [3.05, 3.63) is 12.4 Å². The average Bonchev–Trinajstić information content (AvgIpc) is 2.96. The molecule has 1 rings (SSSR count). The Bertz CT molecular complexity index is 359. The minimum atomic E-state index is -5.69. The lowest BCUT2D eigenvalue weighted by Gasteiger charge is -2.28. The first-order valence-electron chi connectivity index (χ1n) is 6.95. The molecule has 0 saturated heterocycles. The first-order chi connectivity index (χ1) is 12.4. The van der Waals surface area contributed by atoms with Crippen LogP contribution in [0.5, 0.6) is 0 Å². The first kappa shape index (κ1) is 30.3. The van der Waals surface area contributed by atoms with E-state index in [2.05, 4.69) is 4.74 Å². The Morgan fingerprint density at radius 3 is 1.67 bits per heavy atom. The van der Waals surface area contributed by atoms with E-state index in [0.29, 0.717) is 19.0 Å². The molecule has 14 heteroatoms. The van der Waals surface area contributed by atoms with Gasteiger partial charge in [-0.25, -0.2) is 13.2 Å². The highest BCUT2D eigenvalue weighted by Crippen LogP contribution is 2.38. The van der Waals surface area contributed by atoms with Gasteiger partial charge in [0.25, 0.3) is 0 Å². The monoisotopic (exact) mass is 430 g/mol. The van der Waals surface area contributed by atoms with E-state index in [9.17, 15) is 48.4 Å². The van der Waals surface area contributed by atoms with Gasteiger partial charge in [0.1, 0.15) is 13.3 Å². The fourth-order valence-electron chi connectivity index (χ4n) is 1.25. The smallest absolute Gasteiger partial charge is 0.359 e. The van der Waals surface area contributed by atoms with Crippen LogP contribution in [0.15, 0.2) is 12.4 Å². The molecular weight excluding hydrogens is 409 g/mol. The van der Waals surface area contributed by atoms with Crippen LogP contribution < -0.4 is 0 Å². The molecule has 0 bridgehead atoms. The van der Waals surface area contributed by atoms with Gasteiger partial charge in [0, 0.05) is 13.2 Å².